The topological polar surface area (TPSA) is 56.5 Å². The highest BCUT2D eigenvalue weighted by atomic mass is 79.9. The Labute approximate surface area is 146 Å². The van der Waals surface area contributed by atoms with E-state index in [9.17, 15) is 9.59 Å². The average Bonchev–Trinajstić information content (AvgIpc) is 2.52. The quantitative estimate of drug-likeness (QED) is 0.289. The summed E-state index contributed by atoms with van der Waals surface area (Å²) in [6, 6.07) is 13.9. The fourth-order valence-electron chi connectivity index (χ4n) is 2.29. The van der Waals surface area contributed by atoms with E-state index in [4.69, 9.17) is 9.15 Å². The molecule has 0 fully saturated rings. The van der Waals surface area contributed by atoms with E-state index in [1.54, 1.807) is 18.2 Å². The van der Waals surface area contributed by atoms with Crippen LogP contribution in [-0.2, 0) is 4.79 Å². The van der Waals surface area contributed by atoms with Gasteiger partial charge in [-0.3, -0.25) is 0 Å². The molecule has 0 saturated carbocycles. The fourth-order valence-corrected chi connectivity index (χ4v) is 2.71. The molecule has 0 aliphatic rings. The number of rotatable bonds is 3. The lowest BCUT2D eigenvalue weighted by atomic mass is 10.1. The van der Waals surface area contributed by atoms with Gasteiger partial charge < -0.3 is 9.15 Å². The molecule has 3 aromatic rings. The number of esters is 1. The minimum atomic E-state index is -0.510. The normalized spacial score (nSPS) is 11.1. The maximum absolute atomic E-state index is 11.9. The van der Waals surface area contributed by atoms with Gasteiger partial charge in [0.15, 0.2) is 0 Å². The van der Waals surface area contributed by atoms with E-state index >= 15 is 0 Å². The lowest BCUT2D eigenvalue weighted by molar-refractivity contribution is -0.128. The van der Waals surface area contributed by atoms with Gasteiger partial charge in [0.25, 0.3) is 0 Å². The van der Waals surface area contributed by atoms with Gasteiger partial charge in [-0.15, -0.1) is 0 Å². The first-order chi connectivity index (χ1) is 11.5. The van der Waals surface area contributed by atoms with Gasteiger partial charge in [-0.25, -0.2) is 9.59 Å². The Morgan fingerprint density at radius 1 is 1.17 bits per heavy atom. The first-order valence-corrected chi connectivity index (χ1v) is 8.00. The fraction of sp³-hybridized carbons (Fsp3) is 0.0526. The van der Waals surface area contributed by atoms with Crippen LogP contribution in [-0.4, -0.2) is 5.97 Å². The zero-order valence-corrected chi connectivity index (χ0v) is 14.4. The van der Waals surface area contributed by atoms with Crippen molar-refractivity contribution in [1.29, 1.82) is 0 Å². The van der Waals surface area contributed by atoms with Crippen molar-refractivity contribution in [3.05, 3.63) is 80.6 Å². The highest BCUT2D eigenvalue weighted by Gasteiger charge is 2.06. The Balaban J connectivity index is 1.79. The molecule has 0 atom stereocenters. The SMILES string of the molecule is Cc1cc(=O)oc2cc(OC(=O)/C=C/c3cccc(Br)c3)ccc12. The summed E-state index contributed by atoms with van der Waals surface area (Å²) < 4.78 is 11.3. The van der Waals surface area contributed by atoms with E-state index in [-0.39, 0.29) is 0 Å². The van der Waals surface area contributed by atoms with Crippen LogP contribution in [0.25, 0.3) is 17.0 Å². The second-order valence-corrected chi connectivity index (χ2v) is 6.13. The molecule has 0 aliphatic heterocycles. The van der Waals surface area contributed by atoms with Crippen molar-refractivity contribution >= 4 is 38.9 Å². The monoisotopic (exact) mass is 384 g/mol. The van der Waals surface area contributed by atoms with Gasteiger partial charge in [0.2, 0.25) is 0 Å². The molecule has 120 valence electrons. The predicted molar refractivity (Wildman–Crippen MR) is 96.0 cm³/mol. The Bertz CT molecular complexity index is 1000. The number of benzene rings is 2. The lowest BCUT2D eigenvalue weighted by Crippen LogP contribution is -2.04. The average molecular weight is 385 g/mol. The number of carbonyl (C=O) groups excluding carboxylic acids is 1. The molecule has 0 amide bonds. The summed E-state index contributed by atoms with van der Waals surface area (Å²) in [6.07, 6.45) is 3.01. The van der Waals surface area contributed by atoms with E-state index in [1.807, 2.05) is 31.2 Å². The summed E-state index contributed by atoms with van der Waals surface area (Å²) in [5.74, 6) is -0.190. The Morgan fingerprint density at radius 2 is 2.00 bits per heavy atom. The lowest BCUT2D eigenvalue weighted by Gasteiger charge is -2.04. The molecule has 0 N–H and O–H groups in total. The molecule has 24 heavy (non-hydrogen) atoms. The van der Waals surface area contributed by atoms with Gasteiger partial charge in [0.1, 0.15) is 11.3 Å². The van der Waals surface area contributed by atoms with E-state index < -0.39 is 11.6 Å². The zero-order chi connectivity index (χ0) is 17.1. The number of aryl methyl sites for hydroxylation is 1. The van der Waals surface area contributed by atoms with Gasteiger partial charge in [-0.05, 0) is 48.4 Å². The third-order valence-corrected chi connectivity index (χ3v) is 3.90. The van der Waals surface area contributed by atoms with Crippen molar-refractivity contribution in [3.63, 3.8) is 0 Å². The molecule has 5 heteroatoms. The van der Waals surface area contributed by atoms with Gasteiger partial charge in [-0.1, -0.05) is 28.1 Å². The molecule has 0 bridgehead atoms. The molecule has 0 saturated heterocycles. The highest BCUT2D eigenvalue weighted by molar-refractivity contribution is 9.10. The molecule has 0 radical (unpaired) electrons. The van der Waals surface area contributed by atoms with Crippen LogP contribution in [0.3, 0.4) is 0 Å². The number of fused-ring (bicyclic) bond motifs is 1. The van der Waals surface area contributed by atoms with Crippen molar-refractivity contribution in [1.82, 2.24) is 0 Å². The Morgan fingerprint density at radius 3 is 2.79 bits per heavy atom. The zero-order valence-electron chi connectivity index (χ0n) is 12.8. The maximum Gasteiger partial charge on any atom is 0.336 e. The van der Waals surface area contributed by atoms with E-state index in [1.165, 1.54) is 18.2 Å². The van der Waals surface area contributed by atoms with Gasteiger partial charge in [0, 0.05) is 28.1 Å². The summed E-state index contributed by atoms with van der Waals surface area (Å²) in [7, 11) is 0. The van der Waals surface area contributed by atoms with Gasteiger partial charge in [0.05, 0.1) is 0 Å². The minimum absolute atomic E-state index is 0.320. The minimum Gasteiger partial charge on any atom is -0.423 e. The van der Waals surface area contributed by atoms with E-state index in [2.05, 4.69) is 15.9 Å². The van der Waals surface area contributed by atoms with Crippen molar-refractivity contribution in [2.45, 2.75) is 6.92 Å². The third kappa shape index (κ3) is 3.81. The maximum atomic E-state index is 11.9. The van der Waals surface area contributed by atoms with Crippen LogP contribution in [0.1, 0.15) is 11.1 Å². The molecule has 1 aromatic heterocycles. The number of carbonyl (C=O) groups is 1. The summed E-state index contributed by atoms with van der Waals surface area (Å²) in [5.41, 5.74) is 1.65. The molecule has 0 unspecified atom stereocenters. The van der Waals surface area contributed by atoms with Gasteiger partial charge in [-0.2, -0.15) is 0 Å². The van der Waals surface area contributed by atoms with Crippen molar-refractivity contribution in [3.8, 4) is 5.75 Å². The smallest absolute Gasteiger partial charge is 0.336 e. The number of hydrogen-bond acceptors (Lipinski definition) is 4. The number of hydrogen-bond donors (Lipinski definition) is 0. The molecule has 1 heterocycles. The third-order valence-electron chi connectivity index (χ3n) is 3.40. The van der Waals surface area contributed by atoms with Crippen LogP contribution in [0, 0.1) is 6.92 Å². The highest BCUT2D eigenvalue weighted by Crippen LogP contribution is 2.22. The number of ether oxygens (including phenoxy) is 1. The molecular formula is C19H13BrO4. The van der Waals surface area contributed by atoms with Gasteiger partial charge >= 0.3 is 11.6 Å². The van der Waals surface area contributed by atoms with Crippen molar-refractivity contribution in [2.75, 3.05) is 0 Å². The van der Waals surface area contributed by atoms with Crippen LogP contribution < -0.4 is 10.4 Å². The predicted octanol–water partition coefficient (Wildman–Crippen LogP) is 4.48. The standard InChI is InChI=1S/C19H13BrO4/c1-12-9-19(22)24-17-11-15(6-7-16(12)17)23-18(21)8-5-13-3-2-4-14(20)10-13/h2-11H,1H3/b8-5+. The second-order valence-electron chi connectivity index (χ2n) is 5.22. The second kappa shape index (κ2) is 6.84. The molecular weight excluding hydrogens is 372 g/mol. The molecule has 0 aliphatic carbocycles. The summed E-state index contributed by atoms with van der Waals surface area (Å²) in [4.78, 5) is 23.4. The summed E-state index contributed by atoms with van der Waals surface area (Å²) in [6.45, 7) is 1.83. The molecule has 3 rings (SSSR count). The summed E-state index contributed by atoms with van der Waals surface area (Å²) in [5, 5.41) is 0.805. The van der Waals surface area contributed by atoms with Crippen LogP contribution in [0.5, 0.6) is 5.75 Å². The summed E-state index contributed by atoms with van der Waals surface area (Å²) >= 11 is 3.37. The Hall–Kier alpha value is -2.66. The largest absolute Gasteiger partial charge is 0.423 e. The molecule has 0 spiro atoms. The first kappa shape index (κ1) is 16.2. The van der Waals surface area contributed by atoms with E-state index in [0.717, 1.165) is 21.0 Å². The van der Waals surface area contributed by atoms with Crippen LogP contribution in [0.4, 0.5) is 0 Å². The van der Waals surface area contributed by atoms with Crippen LogP contribution >= 0.6 is 15.9 Å². The molecule has 2 aromatic carbocycles. The van der Waals surface area contributed by atoms with Crippen LogP contribution in [0.15, 0.2) is 68.3 Å². The van der Waals surface area contributed by atoms with Crippen molar-refractivity contribution < 1.29 is 13.9 Å². The van der Waals surface area contributed by atoms with Crippen molar-refractivity contribution in [2.24, 2.45) is 0 Å². The number of halogens is 1. The molecule has 4 nitrogen and oxygen atoms in total. The first-order valence-electron chi connectivity index (χ1n) is 7.21. The van der Waals surface area contributed by atoms with E-state index in [0.29, 0.717) is 11.3 Å². The van der Waals surface area contributed by atoms with Crippen LogP contribution in [0.2, 0.25) is 0 Å². The Kier molecular flexibility index (Phi) is 4.62.